The Hall–Kier alpha value is -2.64. The monoisotopic (exact) mass is 386 g/mol. The molecule has 4 aromatic rings. The summed E-state index contributed by atoms with van der Waals surface area (Å²) in [6.45, 7) is 0.293. The number of amides is 1. The van der Waals surface area contributed by atoms with E-state index < -0.39 is 11.6 Å². The van der Waals surface area contributed by atoms with Gasteiger partial charge in [-0.25, -0.2) is 13.8 Å². The van der Waals surface area contributed by atoms with Gasteiger partial charge in [-0.1, -0.05) is 47.7 Å². The van der Waals surface area contributed by atoms with Crippen LogP contribution in [0.1, 0.15) is 15.2 Å². The molecule has 0 aliphatic rings. The van der Waals surface area contributed by atoms with Gasteiger partial charge in [-0.2, -0.15) is 0 Å². The summed E-state index contributed by atoms with van der Waals surface area (Å²) in [4.78, 5) is 19.3. The Morgan fingerprint density at radius 1 is 1.08 bits per heavy atom. The fraction of sp³-hybridized carbons (Fsp3) is 0.0526. The van der Waals surface area contributed by atoms with Gasteiger partial charge in [0.1, 0.15) is 11.3 Å². The zero-order valence-corrected chi connectivity index (χ0v) is 15.0. The van der Waals surface area contributed by atoms with Crippen LogP contribution in [0.4, 0.5) is 13.9 Å². The highest BCUT2D eigenvalue weighted by molar-refractivity contribution is 7.22. The number of anilines is 1. The Morgan fingerprint density at radius 2 is 1.88 bits per heavy atom. The van der Waals surface area contributed by atoms with E-state index in [1.54, 1.807) is 12.1 Å². The van der Waals surface area contributed by atoms with Gasteiger partial charge in [-0.3, -0.25) is 9.69 Å². The molecule has 0 unspecified atom stereocenters. The maximum absolute atomic E-state index is 14.0. The van der Waals surface area contributed by atoms with Crippen molar-refractivity contribution < 1.29 is 13.6 Å². The number of rotatable bonds is 4. The third kappa shape index (κ3) is 3.23. The third-order valence-corrected chi connectivity index (χ3v) is 5.68. The van der Waals surface area contributed by atoms with E-state index in [1.807, 2.05) is 35.7 Å². The highest BCUT2D eigenvalue weighted by Gasteiger charge is 2.23. The molecule has 0 aliphatic carbocycles. The molecule has 0 bridgehead atoms. The second-order valence-corrected chi connectivity index (χ2v) is 7.54. The molecule has 2 aromatic carbocycles. The zero-order chi connectivity index (χ0) is 18.1. The minimum absolute atomic E-state index is 0.0726. The number of halogens is 2. The van der Waals surface area contributed by atoms with Crippen LogP contribution >= 0.6 is 22.7 Å². The van der Waals surface area contributed by atoms with E-state index in [1.165, 1.54) is 22.3 Å². The number of hydrogen-bond donors (Lipinski definition) is 0. The molecule has 0 aliphatic heterocycles. The summed E-state index contributed by atoms with van der Waals surface area (Å²) in [7, 11) is 0. The molecule has 0 saturated carbocycles. The number of hydrogen-bond acceptors (Lipinski definition) is 4. The molecule has 0 atom stereocenters. The SMILES string of the molecule is O=C(c1cccs1)N(Cc1ccccc1)c1nc2c(F)cc(F)cc2s1. The van der Waals surface area contributed by atoms with E-state index in [0.717, 1.165) is 23.0 Å². The quantitative estimate of drug-likeness (QED) is 0.465. The minimum Gasteiger partial charge on any atom is -0.279 e. The zero-order valence-electron chi connectivity index (χ0n) is 13.4. The molecule has 130 valence electrons. The molecule has 2 aromatic heterocycles. The first-order valence-electron chi connectivity index (χ1n) is 7.77. The Bertz CT molecular complexity index is 1060. The molecule has 0 spiro atoms. The van der Waals surface area contributed by atoms with Crippen molar-refractivity contribution in [2.45, 2.75) is 6.54 Å². The first kappa shape index (κ1) is 16.8. The predicted octanol–water partition coefficient (Wildman–Crippen LogP) is 5.48. The Labute approximate surface area is 156 Å². The average molecular weight is 386 g/mol. The van der Waals surface area contributed by atoms with E-state index in [9.17, 15) is 13.6 Å². The largest absolute Gasteiger partial charge is 0.279 e. The number of aromatic nitrogens is 1. The Kier molecular flexibility index (Phi) is 4.48. The molecule has 7 heteroatoms. The highest BCUT2D eigenvalue weighted by Crippen LogP contribution is 2.33. The number of carbonyl (C=O) groups is 1. The second-order valence-electron chi connectivity index (χ2n) is 5.58. The molecule has 0 saturated heterocycles. The second kappa shape index (κ2) is 6.93. The molecule has 0 fully saturated rings. The summed E-state index contributed by atoms with van der Waals surface area (Å²) in [5, 5.41) is 2.16. The smallest absolute Gasteiger partial charge is 0.270 e. The number of nitrogens with zero attached hydrogens (tertiary/aromatic N) is 2. The van der Waals surface area contributed by atoms with Crippen molar-refractivity contribution in [2.24, 2.45) is 0 Å². The average Bonchev–Trinajstić information content (AvgIpc) is 3.29. The lowest BCUT2D eigenvalue weighted by Crippen LogP contribution is -2.29. The molecular weight excluding hydrogens is 374 g/mol. The van der Waals surface area contributed by atoms with Crippen LogP contribution in [0.2, 0.25) is 0 Å². The van der Waals surface area contributed by atoms with Crippen molar-refractivity contribution in [1.29, 1.82) is 0 Å². The van der Waals surface area contributed by atoms with Gasteiger partial charge in [-0.15, -0.1) is 11.3 Å². The summed E-state index contributed by atoms with van der Waals surface area (Å²) in [6, 6.07) is 15.0. The van der Waals surface area contributed by atoms with Crippen LogP contribution < -0.4 is 4.90 Å². The van der Waals surface area contributed by atoms with Gasteiger partial charge in [0.2, 0.25) is 0 Å². The predicted molar refractivity (Wildman–Crippen MR) is 101 cm³/mol. The molecular formula is C19H12F2N2OS2. The van der Waals surface area contributed by atoms with Crippen LogP contribution in [0, 0.1) is 11.6 Å². The molecule has 2 heterocycles. The van der Waals surface area contributed by atoms with Crippen molar-refractivity contribution in [3.8, 4) is 0 Å². The maximum atomic E-state index is 14.0. The van der Waals surface area contributed by atoms with Crippen LogP contribution in [0.25, 0.3) is 10.2 Å². The summed E-state index contributed by atoms with van der Waals surface area (Å²) in [5.41, 5.74) is 0.992. The van der Waals surface area contributed by atoms with Gasteiger partial charge in [0.05, 0.1) is 16.1 Å². The molecule has 26 heavy (non-hydrogen) atoms. The van der Waals surface area contributed by atoms with Crippen molar-refractivity contribution in [3.63, 3.8) is 0 Å². The number of fused-ring (bicyclic) bond motifs is 1. The normalized spacial score (nSPS) is 11.0. The lowest BCUT2D eigenvalue weighted by atomic mass is 10.2. The minimum atomic E-state index is -0.731. The standard InChI is InChI=1S/C19H12F2N2OS2/c20-13-9-14(21)17-16(10-13)26-19(22-17)23(11-12-5-2-1-3-6-12)18(24)15-7-4-8-25-15/h1-10H,11H2. The lowest BCUT2D eigenvalue weighted by Gasteiger charge is -2.19. The summed E-state index contributed by atoms with van der Waals surface area (Å²) < 4.78 is 27.9. The molecule has 3 nitrogen and oxygen atoms in total. The number of thiophene rings is 1. The van der Waals surface area contributed by atoms with E-state index in [-0.39, 0.29) is 11.4 Å². The Morgan fingerprint density at radius 3 is 2.62 bits per heavy atom. The van der Waals surface area contributed by atoms with E-state index in [2.05, 4.69) is 4.98 Å². The van der Waals surface area contributed by atoms with Gasteiger partial charge in [0.25, 0.3) is 5.91 Å². The molecule has 4 rings (SSSR count). The number of thiazole rings is 1. The highest BCUT2D eigenvalue weighted by atomic mass is 32.1. The van der Waals surface area contributed by atoms with Crippen molar-refractivity contribution in [3.05, 3.63) is 82.1 Å². The molecule has 0 N–H and O–H groups in total. The van der Waals surface area contributed by atoms with Gasteiger partial charge in [0, 0.05) is 6.07 Å². The van der Waals surface area contributed by atoms with Gasteiger partial charge in [0.15, 0.2) is 10.9 Å². The van der Waals surface area contributed by atoms with Crippen LogP contribution in [0.15, 0.2) is 60.0 Å². The van der Waals surface area contributed by atoms with Gasteiger partial charge in [-0.05, 0) is 23.1 Å². The van der Waals surface area contributed by atoms with Crippen molar-refractivity contribution >= 4 is 43.9 Å². The lowest BCUT2D eigenvalue weighted by molar-refractivity contribution is 0.0989. The van der Waals surface area contributed by atoms with Crippen molar-refractivity contribution in [1.82, 2.24) is 4.98 Å². The van der Waals surface area contributed by atoms with E-state index in [0.29, 0.717) is 21.3 Å². The fourth-order valence-corrected chi connectivity index (χ4v) is 4.26. The number of carbonyl (C=O) groups excluding carboxylic acids is 1. The first-order valence-corrected chi connectivity index (χ1v) is 9.46. The number of benzene rings is 2. The van der Waals surface area contributed by atoms with E-state index >= 15 is 0 Å². The maximum Gasteiger partial charge on any atom is 0.270 e. The third-order valence-electron chi connectivity index (χ3n) is 3.79. The van der Waals surface area contributed by atoms with Crippen molar-refractivity contribution in [2.75, 3.05) is 4.90 Å². The summed E-state index contributed by atoms with van der Waals surface area (Å²) >= 11 is 2.43. The van der Waals surface area contributed by atoms with Gasteiger partial charge < -0.3 is 0 Å². The topological polar surface area (TPSA) is 33.2 Å². The first-order chi connectivity index (χ1) is 12.6. The van der Waals surface area contributed by atoms with Crippen LogP contribution in [0.5, 0.6) is 0 Å². The van der Waals surface area contributed by atoms with E-state index in [4.69, 9.17) is 0 Å². The van der Waals surface area contributed by atoms with Crippen LogP contribution in [0.3, 0.4) is 0 Å². The van der Waals surface area contributed by atoms with Crippen LogP contribution in [-0.4, -0.2) is 10.9 Å². The summed E-state index contributed by atoms with van der Waals surface area (Å²) in [6.07, 6.45) is 0. The summed E-state index contributed by atoms with van der Waals surface area (Å²) in [5.74, 6) is -1.61. The van der Waals surface area contributed by atoms with Gasteiger partial charge >= 0.3 is 0 Å². The Balaban J connectivity index is 1.79. The molecule has 1 amide bonds. The van der Waals surface area contributed by atoms with Crippen LogP contribution in [-0.2, 0) is 6.54 Å². The fourth-order valence-electron chi connectivity index (χ4n) is 2.59. The molecule has 0 radical (unpaired) electrons.